The van der Waals surface area contributed by atoms with Crippen LogP contribution < -0.4 is 5.32 Å². The molecule has 3 nitrogen and oxygen atoms in total. The van der Waals surface area contributed by atoms with Crippen molar-refractivity contribution in [3.8, 4) is 6.07 Å². The van der Waals surface area contributed by atoms with E-state index in [2.05, 4.69) is 18.3 Å². The number of nitriles is 1. The van der Waals surface area contributed by atoms with Crippen LogP contribution in [0.1, 0.15) is 39.7 Å². The van der Waals surface area contributed by atoms with Gasteiger partial charge in [0.1, 0.15) is 16.9 Å². The largest absolute Gasteiger partial charge is 0.312 e. The van der Waals surface area contributed by atoms with Gasteiger partial charge in [0.05, 0.1) is 16.1 Å². The fourth-order valence-corrected chi connectivity index (χ4v) is 4.44. The van der Waals surface area contributed by atoms with Gasteiger partial charge >= 0.3 is 0 Å². The number of hydrogen-bond acceptors (Lipinski definition) is 3. The van der Waals surface area contributed by atoms with Crippen molar-refractivity contribution in [3.05, 3.63) is 50.6 Å². The second-order valence-electron chi connectivity index (χ2n) is 5.72. The number of nitrogens with one attached hydrogen (secondary N) is 1. The highest BCUT2D eigenvalue weighted by Gasteiger charge is 2.25. The molecular formula is C17H14ClFN2OS. The molecule has 1 N–H and O–H groups in total. The van der Waals surface area contributed by atoms with E-state index in [1.165, 1.54) is 29.5 Å². The molecule has 0 spiro atoms. The van der Waals surface area contributed by atoms with Crippen molar-refractivity contribution < 1.29 is 9.18 Å². The number of rotatable bonds is 2. The standard InChI is InChI=1S/C17H14ClFN2OS/c1-9-5-6-10-11(8-20)17(23-14(10)7-9)21-16(22)15-12(18)3-2-4-13(15)19/h2-4,9H,5-7H2,1H3,(H,21,22)/t9-/m0/s1. The predicted octanol–water partition coefficient (Wildman–Crippen LogP) is 4.79. The number of fused-ring (bicyclic) bond motifs is 1. The van der Waals surface area contributed by atoms with Gasteiger partial charge in [-0.15, -0.1) is 11.3 Å². The molecule has 0 radical (unpaired) electrons. The monoisotopic (exact) mass is 348 g/mol. The molecule has 1 aliphatic rings. The SMILES string of the molecule is C[C@H]1CCc2c(sc(NC(=O)c3c(F)cccc3Cl)c2C#N)C1. The lowest BCUT2D eigenvalue weighted by atomic mass is 9.88. The van der Waals surface area contributed by atoms with Crippen molar-refractivity contribution in [1.29, 1.82) is 5.26 Å². The van der Waals surface area contributed by atoms with Crippen molar-refractivity contribution in [2.24, 2.45) is 5.92 Å². The summed E-state index contributed by atoms with van der Waals surface area (Å²) in [5.74, 6) is -0.739. The van der Waals surface area contributed by atoms with E-state index in [-0.39, 0.29) is 10.6 Å². The number of benzene rings is 1. The van der Waals surface area contributed by atoms with Crippen LogP contribution in [-0.4, -0.2) is 5.91 Å². The molecule has 1 heterocycles. The molecule has 2 aromatic rings. The number of anilines is 1. The molecule has 0 aliphatic heterocycles. The fourth-order valence-electron chi connectivity index (χ4n) is 2.84. The molecule has 0 saturated heterocycles. The molecule has 0 fully saturated rings. The van der Waals surface area contributed by atoms with Gasteiger partial charge in [-0.2, -0.15) is 5.26 Å². The van der Waals surface area contributed by atoms with Gasteiger partial charge in [-0.3, -0.25) is 4.79 Å². The Morgan fingerprint density at radius 2 is 2.30 bits per heavy atom. The summed E-state index contributed by atoms with van der Waals surface area (Å²) in [6, 6.07) is 6.27. The van der Waals surface area contributed by atoms with Gasteiger partial charge in [0.2, 0.25) is 0 Å². The van der Waals surface area contributed by atoms with Gasteiger partial charge in [0.25, 0.3) is 5.91 Å². The molecule has 118 valence electrons. The predicted molar refractivity (Wildman–Crippen MR) is 89.6 cm³/mol. The Balaban J connectivity index is 1.95. The molecule has 0 saturated carbocycles. The molecule has 1 aliphatic carbocycles. The Morgan fingerprint density at radius 1 is 1.52 bits per heavy atom. The molecule has 3 rings (SSSR count). The first-order valence-electron chi connectivity index (χ1n) is 7.31. The summed E-state index contributed by atoms with van der Waals surface area (Å²) in [4.78, 5) is 13.5. The van der Waals surface area contributed by atoms with Gasteiger partial charge < -0.3 is 5.32 Å². The summed E-state index contributed by atoms with van der Waals surface area (Å²) in [6.07, 6.45) is 2.78. The first-order chi connectivity index (χ1) is 11.0. The van der Waals surface area contributed by atoms with E-state index in [0.29, 0.717) is 16.5 Å². The first kappa shape index (κ1) is 16.0. The maximum absolute atomic E-state index is 13.9. The van der Waals surface area contributed by atoms with Gasteiger partial charge in [-0.25, -0.2) is 4.39 Å². The van der Waals surface area contributed by atoms with E-state index >= 15 is 0 Å². The van der Waals surface area contributed by atoms with Crippen LogP contribution in [0.5, 0.6) is 0 Å². The average Bonchev–Trinajstić information content (AvgIpc) is 2.82. The zero-order valence-corrected chi connectivity index (χ0v) is 14.0. The summed E-state index contributed by atoms with van der Waals surface area (Å²) in [5, 5.41) is 12.6. The van der Waals surface area contributed by atoms with E-state index in [4.69, 9.17) is 11.6 Å². The molecule has 23 heavy (non-hydrogen) atoms. The topological polar surface area (TPSA) is 52.9 Å². The van der Waals surface area contributed by atoms with Crippen molar-refractivity contribution in [3.63, 3.8) is 0 Å². The lowest BCUT2D eigenvalue weighted by molar-refractivity contribution is 0.102. The van der Waals surface area contributed by atoms with Gasteiger partial charge in [-0.05, 0) is 42.9 Å². The van der Waals surface area contributed by atoms with Crippen LogP contribution in [0, 0.1) is 23.1 Å². The third-order valence-electron chi connectivity index (χ3n) is 4.04. The quantitative estimate of drug-likeness (QED) is 0.848. The Kier molecular flexibility index (Phi) is 4.38. The molecule has 1 aromatic heterocycles. The summed E-state index contributed by atoms with van der Waals surface area (Å²) < 4.78 is 13.9. The molecule has 0 bridgehead atoms. The summed E-state index contributed by atoms with van der Waals surface area (Å²) in [7, 11) is 0. The summed E-state index contributed by atoms with van der Waals surface area (Å²) in [6.45, 7) is 2.17. The van der Waals surface area contributed by atoms with Gasteiger partial charge in [-0.1, -0.05) is 24.6 Å². The minimum absolute atomic E-state index is 0.0518. The smallest absolute Gasteiger partial charge is 0.260 e. The van der Waals surface area contributed by atoms with E-state index in [1.807, 2.05) is 0 Å². The van der Waals surface area contributed by atoms with Crippen molar-refractivity contribution in [2.45, 2.75) is 26.2 Å². The second-order valence-corrected chi connectivity index (χ2v) is 7.23. The number of amides is 1. The Bertz CT molecular complexity index is 804. The molecule has 0 unspecified atom stereocenters. The number of halogens is 2. The lowest BCUT2D eigenvalue weighted by Gasteiger charge is -2.17. The lowest BCUT2D eigenvalue weighted by Crippen LogP contribution is -2.14. The maximum Gasteiger partial charge on any atom is 0.260 e. The number of nitrogens with zero attached hydrogens (tertiary/aromatic N) is 1. The first-order valence-corrected chi connectivity index (χ1v) is 8.50. The van der Waals surface area contributed by atoms with Crippen LogP contribution in [0.4, 0.5) is 9.39 Å². The van der Waals surface area contributed by atoms with E-state index in [0.717, 1.165) is 29.7 Å². The van der Waals surface area contributed by atoms with Crippen LogP contribution in [0.25, 0.3) is 0 Å². The zero-order valence-electron chi connectivity index (χ0n) is 12.5. The van der Waals surface area contributed by atoms with Crippen LogP contribution in [0.15, 0.2) is 18.2 Å². The highest BCUT2D eigenvalue weighted by Crippen LogP contribution is 2.39. The van der Waals surface area contributed by atoms with Gasteiger partial charge in [0.15, 0.2) is 0 Å². The number of hydrogen-bond donors (Lipinski definition) is 1. The summed E-state index contributed by atoms with van der Waals surface area (Å²) in [5.41, 5.74) is 1.32. The average molecular weight is 349 g/mol. The van der Waals surface area contributed by atoms with Crippen LogP contribution >= 0.6 is 22.9 Å². The highest BCUT2D eigenvalue weighted by atomic mass is 35.5. The molecule has 1 atom stereocenters. The minimum atomic E-state index is -0.677. The third-order valence-corrected chi connectivity index (χ3v) is 5.53. The Labute approximate surface area is 142 Å². The highest BCUT2D eigenvalue weighted by molar-refractivity contribution is 7.16. The third kappa shape index (κ3) is 2.97. The Morgan fingerprint density at radius 3 is 3.00 bits per heavy atom. The number of carbonyl (C=O) groups excluding carboxylic acids is 1. The van der Waals surface area contributed by atoms with Crippen LogP contribution in [-0.2, 0) is 12.8 Å². The van der Waals surface area contributed by atoms with Crippen molar-refractivity contribution in [1.82, 2.24) is 0 Å². The number of thiophene rings is 1. The molecule has 6 heteroatoms. The van der Waals surface area contributed by atoms with E-state index in [1.54, 1.807) is 0 Å². The fraction of sp³-hybridized carbons (Fsp3) is 0.294. The van der Waals surface area contributed by atoms with Crippen molar-refractivity contribution >= 4 is 33.8 Å². The molecule has 1 amide bonds. The van der Waals surface area contributed by atoms with E-state index < -0.39 is 11.7 Å². The van der Waals surface area contributed by atoms with Crippen LogP contribution in [0.3, 0.4) is 0 Å². The minimum Gasteiger partial charge on any atom is -0.312 e. The van der Waals surface area contributed by atoms with Crippen molar-refractivity contribution in [2.75, 3.05) is 5.32 Å². The molecule has 1 aromatic carbocycles. The molecular weight excluding hydrogens is 335 g/mol. The summed E-state index contributed by atoms with van der Waals surface area (Å²) >= 11 is 7.33. The van der Waals surface area contributed by atoms with Gasteiger partial charge in [0, 0.05) is 4.88 Å². The normalized spacial score (nSPS) is 16.5. The van der Waals surface area contributed by atoms with E-state index in [9.17, 15) is 14.4 Å². The number of carbonyl (C=O) groups is 1. The van der Waals surface area contributed by atoms with Crippen LogP contribution in [0.2, 0.25) is 5.02 Å². The zero-order chi connectivity index (χ0) is 16.6. The second kappa shape index (κ2) is 6.31. The maximum atomic E-state index is 13.9. The Hall–Kier alpha value is -1.90.